The highest BCUT2D eigenvalue weighted by atomic mass is 35.5. The van der Waals surface area contributed by atoms with E-state index in [1.807, 2.05) is 30.3 Å². The lowest BCUT2D eigenvalue weighted by Gasteiger charge is -2.31. The molecule has 3 aromatic carbocycles. The van der Waals surface area contributed by atoms with Gasteiger partial charge in [0.05, 0.1) is 15.8 Å². The van der Waals surface area contributed by atoms with E-state index in [4.69, 9.17) is 23.2 Å². The van der Waals surface area contributed by atoms with Crippen molar-refractivity contribution in [3.05, 3.63) is 105 Å². The number of nitrogens with zero attached hydrogens (tertiary/aromatic N) is 1. The lowest BCUT2D eigenvalue weighted by molar-refractivity contribution is -0.139. The number of benzene rings is 3. The molecule has 0 fully saturated rings. The number of halogens is 3. The van der Waals surface area contributed by atoms with Crippen LogP contribution in [-0.2, 0) is 28.3 Å². The molecule has 2 amide bonds. The van der Waals surface area contributed by atoms with Crippen LogP contribution in [0.25, 0.3) is 0 Å². The molecule has 0 radical (unpaired) electrons. The first kappa shape index (κ1) is 26.1. The number of carbonyl (C=O) groups excluding carboxylic acids is 2. The highest BCUT2D eigenvalue weighted by Gasteiger charge is 2.29. The number of likely N-dealkylation sites (N-methyl/N-ethyl adjacent to an activating group) is 1. The SMILES string of the molecule is CNC(=O)[C@H](Cc1ccccc1)N(Cc1ccc(Cl)c(Cl)c1)C(=O)CSCc1ccc(F)cc1. The Morgan fingerprint density at radius 2 is 1.62 bits per heavy atom. The quantitative estimate of drug-likeness (QED) is 0.371. The van der Waals surface area contributed by atoms with Crippen molar-refractivity contribution in [1.29, 1.82) is 0 Å². The fourth-order valence-corrected chi connectivity index (χ4v) is 4.67. The van der Waals surface area contributed by atoms with E-state index in [0.717, 1.165) is 16.7 Å². The van der Waals surface area contributed by atoms with Gasteiger partial charge in [-0.25, -0.2) is 4.39 Å². The molecule has 0 aliphatic heterocycles. The Hall–Kier alpha value is -2.54. The van der Waals surface area contributed by atoms with Crippen LogP contribution in [0, 0.1) is 5.82 Å². The van der Waals surface area contributed by atoms with Crippen LogP contribution in [-0.4, -0.2) is 35.6 Å². The summed E-state index contributed by atoms with van der Waals surface area (Å²) in [6.45, 7) is 0.206. The van der Waals surface area contributed by atoms with Crippen LogP contribution in [0.15, 0.2) is 72.8 Å². The summed E-state index contributed by atoms with van der Waals surface area (Å²) >= 11 is 13.7. The number of nitrogens with one attached hydrogen (secondary N) is 1. The molecule has 1 atom stereocenters. The molecule has 0 aliphatic rings. The zero-order valence-corrected chi connectivity index (χ0v) is 21.0. The van der Waals surface area contributed by atoms with Gasteiger partial charge in [-0.05, 0) is 41.0 Å². The molecule has 178 valence electrons. The Morgan fingerprint density at radius 3 is 2.26 bits per heavy atom. The third-order valence-corrected chi connectivity index (χ3v) is 6.99. The normalized spacial score (nSPS) is 11.6. The van der Waals surface area contributed by atoms with Gasteiger partial charge in [0, 0.05) is 25.8 Å². The summed E-state index contributed by atoms with van der Waals surface area (Å²) < 4.78 is 13.2. The van der Waals surface area contributed by atoms with E-state index in [-0.39, 0.29) is 29.9 Å². The number of hydrogen-bond acceptors (Lipinski definition) is 3. The van der Waals surface area contributed by atoms with E-state index in [9.17, 15) is 14.0 Å². The number of carbonyl (C=O) groups is 2. The summed E-state index contributed by atoms with van der Waals surface area (Å²) in [7, 11) is 1.56. The van der Waals surface area contributed by atoms with Crippen molar-refractivity contribution < 1.29 is 14.0 Å². The maximum atomic E-state index is 13.4. The predicted molar refractivity (Wildman–Crippen MR) is 138 cm³/mol. The summed E-state index contributed by atoms with van der Waals surface area (Å²) in [6, 6.07) is 20.2. The first-order valence-corrected chi connectivity index (χ1v) is 12.6. The minimum Gasteiger partial charge on any atom is -0.357 e. The van der Waals surface area contributed by atoms with E-state index < -0.39 is 6.04 Å². The van der Waals surface area contributed by atoms with Gasteiger partial charge in [0.1, 0.15) is 11.9 Å². The molecule has 3 aromatic rings. The topological polar surface area (TPSA) is 49.4 Å². The molecule has 0 aromatic heterocycles. The van der Waals surface area contributed by atoms with Crippen molar-refractivity contribution in [2.24, 2.45) is 0 Å². The number of rotatable bonds is 10. The Balaban J connectivity index is 1.82. The van der Waals surface area contributed by atoms with Crippen molar-refractivity contribution >= 4 is 46.8 Å². The zero-order valence-electron chi connectivity index (χ0n) is 18.6. The second-order valence-corrected chi connectivity index (χ2v) is 9.51. The first-order chi connectivity index (χ1) is 16.4. The lowest BCUT2D eigenvalue weighted by atomic mass is 10.0. The molecule has 1 N–H and O–H groups in total. The summed E-state index contributed by atoms with van der Waals surface area (Å²) in [5, 5.41) is 3.50. The Bertz CT molecular complexity index is 1110. The van der Waals surface area contributed by atoms with Gasteiger partial charge in [0.15, 0.2) is 0 Å². The average molecular weight is 519 g/mol. The average Bonchev–Trinajstić information content (AvgIpc) is 2.84. The second-order valence-electron chi connectivity index (χ2n) is 7.71. The largest absolute Gasteiger partial charge is 0.357 e. The molecule has 0 saturated heterocycles. The predicted octanol–water partition coefficient (Wildman–Crippen LogP) is 5.75. The van der Waals surface area contributed by atoms with E-state index >= 15 is 0 Å². The highest BCUT2D eigenvalue weighted by Crippen LogP contribution is 2.25. The third-order valence-electron chi connectivity index (χ3n) is 5.26. The first-order valence-electron chi connectivity index (χ1n) is 10.7. The Kier molecular flexibility index (Phi) is 9.81. The molecule has 0 unspecified atom stereocenters. The van der Waals surface area contributed by atoms with Gasteiger partial charge in [-0.1, -0.05) is 71.7 Å². The van der Waals surface area contributed by atoms with Crippen molar-refractivity contribution in [3.63, 3.8) is 0 Å². The van der Waals surface area contributed by atoms with Crippen molar-refractivity contribution in [3.8, 4) is 0 Å². The Morgan fingerprint density at radius 1 is 0.941 bits per heavy atom. The zero-order chi connectivity index (χ0) is 24.5. The van der Waals surface area contributed by atoms with Crippen LogP contribution < -0.4 is 5.32 Å². The molecule has 0 spiro atoms. The number of thioether (sulfide) groups is 1. The van der Waals surface area contributed by atoms with Gasteiger partial charge < -0.3 is 10.2 Å². The fourth-order valence-electron chi connectivity index (χ4n) is 3.47. The molecule has 0 saturated carbocycles. The standard InChI is InChI=1S/C26H25Cl2FN2O2S/c1-30-26(33)24(14-18-5-3-2-4-6-18)31(15-20-9-12-22(27)23(28)13-20)25(32)17-34-16-19-7-10-21(29)11-8-19/h2-13,24H,14-17H2,1H3,(H,30,33)/t24-/m0/s1. The van der Waals surface area contributed by atoms with Gasteiger partial charge in [0.25, 0.3) is 0 Å². The second kappa shape index (κ2) is 12.8. The summed E-state index contributed by atoms with van der Waals surface area (Å²) in [5.41, 5.74) is 2.64. The van der Waals surface area contributed by atoms with Gasteiger partial charge in [-0.2, -0.15) is 0 Å². The van der Waals surface area contributed by atoms with Gasteiger partial charge in [-0.15, -0.1) is 11.8 Å². The van der Waals surface area contributed by atoms with E-state index in [1.54, 1.807) is 42.3 Å². The van der Waals surface area contributed by atoms with Crippen LogP contribution >= 0.6 is 35.0 Å². The third kappa shape index (κ3) is 7.49. The van der Waals surface area contributed by atoms with Crippen molar-refractivity contribution in [1.82, 2.24) is 10.2 Å². The molecule has 3 rings (SSSR count). The highest BCUT2D eigenvalue weighted by molar-refractivity contribution is 7.99. The maximum Gasteiger partial charge on any atom is 0.242 e. The smallest absolute Gasteiger partial charge is 0.242 e. The van der Waals surface area contributed by atoms with Crippen molar-refractivity contribution in [2.45, 2.75) is 24.8 Å². The van der Waals surface area contributed by atoms with Crippen LogP contribution in [0.1, 0.15) is 16.7 Å². The van der Waals surface area contributed by atoms with Crippen LogP contribution in [0.5, 0.6) is 0 Å². The molecule has 8 heteroatoms. The van der Waals surface area contributed by atoms with Crippen LogP contribution in [0.4, 0.5) is 4.39 Å². The fraction of sp³-hybridized carbons (Fsp3) is 0.231. The molecule has 34 heavy (non-hydrogen) atoms. The van der Waals surface area contributed by atoms with Crippen LogP contribution in [0.2, 0.25) is 10.0 Å². The number of hydrogen-bond donors (Lipinski definition) is 1. The molecule has 0 aliphatic carbocycles. The van der Waals surface area contributed by atoms with Gasteiger partial charge >= 0.3 is 0 Å². The van der Waals surface area contributed by atoms with E-state index in [2.05, 4.69) is 5.32 Å². The van der Waals surface area contributed by atoms with E-state index in [0.29, 0.717) is 22.2 Å². The molecule has 0 heterocycles. The minimum atomic E-state index is -0.708. The van der Waals surface area contributed by atoms with Gasteiger partial charge in [-0.3, -0.25) is 9.59 Å². The molecule has 4 nitrogen and oxygen atoms in total. The summed E-state index contributed by atoms with van der Waals surface area (Å²) in [4.78, 5) is 27.9. The summed E-state index contributed by atoms with van der Waals surface area (Å²) in [6.07, 6.45) is 0.371. The molecular weight excluding hydrogens is 494 g/mol. The molecule has 0 bridgehead atoms. The molecular formula is C26H25Cl2FN2O2S. The number of amides is 2. The van der Waals surface area contributed by atoms with Crippen LogP contribution in [0.3, 0.4) is 0 Å². The van der Waals surface area contributed by atoms with Gasteiger partial charge in [0.2, 0.25) is 11.8 Å². The lowest BCUT2D eigenvalue weighted by Crippen LogP contribution is -2.50. The minimum absolute atomic E-state index is 0.168. The Labute approximate surface area is 213 Å². The maximum absolute atomic E-state index is 13.4. The van der Waals surface area contributed by atoms with E-state index in [1.165, 1.54) is 23.9 Å². The monoisotopic (exact) mass is 518 g/mol. The summed E-state index contributed by atoms with van der Waals surface area (Å²) in [5.74, 6) is -0.00723. The van der Waals surface area contributed by atoms with Crippen molar-refractivity contribution in [2.75, 3.05) is 12.8 Å².